The van der Waals surface area contributed by atoms with E-state index in [1.807, 2.05) is 72.8 Å². The summed E-state index contributed by atoms with van der Waals surface area (Å²) in [5.74, 6) is -0.289. The van der Waals surface area contributed by atoms with Gasteiger partial charge in [-0.15, -0.1) is 0 Å². The van der Waals surface area contributed by atoms with Gasteiger partial charge in [0.1, 0.15) is 10.7 Å². The third-order valence-corrected chi connectivity index (χ3v) is 5.41. The number of nitrogens with zero attached hydrogens (tertiary/aromatic N) is 2. The average molecular weight is 431 g/mol. The van der Waals surface area contributed by atoms with Gasteiger partial charge < -0.3 is 10.6 Å². The van der Waals surface area contributed by atoms with Crippen molar-refractivity contribution in [3.63, 3.8) is 0 Å². The highest BCUT2D eigenvalue weighted by atomic mass is 35.5. The number of anilines is 2. The highest BCUT2D eigenvalue weighted by Gasteiger charge is 2.21. The maximum Gasteiger partial charge on any atom is 0.260 e. The van der Waals surface area contributed by atoms with Crippen LogP contribution < -0.4 is 10.6 Å². The second kappa shape index (κ2) is 9.06. The first-order valence-electron chi connectivity index (χ1n) is 10.1. The molecule has 3 aromatic carbocycles. The lowest BCUT2D eigenvalue weighted by atomic mass is 10.1. The number of nitrogens with one attached hydrogen (secondary N) is 2. The number of benzene rings is 3. The predicted molar refractivity (Wildman–Crippen MR) is 126 cm³/mol. The Morgan fingerprint density at radius 3 is 2.13 bits per heavy atom. The summed E-state index contributed by atoms with van der Waals surface area (Å²) in [4.78, 5) is 12.9. The van der Waals surface area contributed by atoms with Crippen LogP contribution in [0.25, 0.3) is 5.69 Å². The van der Waals surface area contributed by atoms with Crippen molar-refractivity contribution in [2.24, 2.45) is 0 Å². The molecule has 0 bridgehead atoms. The van der Waals surface area contributed by atoms with Crippen LogP contribution in [-0.2, 0) is 0 Å². The molecule has 0 saturated heterocycles. The van der Waals surface area contributed by atoms with Crippen molar-refractivity contribution < 1.29 is 4.79 Å². The van der Waals surface area contributed by atoms with Crippen LogP contribution in [0.4, 0.5) is 11.4 Å². The molecule has 4 aromatic rings. The summed E-state index contributed by atoms with van der Waals surface area (Å²) < 4.78 is 1.57. The van der Waals surface area contributed by atoms with Crippen molar-refractivity contribution in [3.8, 4) is 5.69 Å². The van der Waals surface area contributed by atoms with Crippen LogP contribution in [0.15, 0.2) is 84.9 Å². The molecule has 156 valence electrons. The minimum absolute atomic E-state index is 0.173. The maximum absolute atomic E-state index is 12.9. The molecule has 6 heteroatoms. The van der Waals surface area contributed by atoms with Crippen LogP contribution in [0.5, 0.6) is 0 Å². The Balaban J connectivity index is 1.46. The van der Waals surface area contributed by atoms with E-state index >= 15 is 0 Å². The fraction of sp³-hybridized carbons (Fsp3) is 0.120. The Morgan fingerprint density at radius 2 is 1.48 bits per heavy atom. The number of para-hydroxylation sites is 1. The summed E-state index contributed by atoms with van der Waals surface area (Å²) in [5, 5.41) is 11.1. The van der Waals surface area contributed by atoms with Gasteiger partial charge in [-0.2, -0.15) is 5.10 Å². The quantitative estimate of drug-likeness (QED) is 0.379. The summed E-state index contributed by atoms with van der Waals surface area (Å²) in [6.45, 7) is 3.89. The lowest BCUT2D eigenvalue weighted by molar-refractivity contribution is 0.102. The summed E-state index contributed by atoms with van der Waals surface area (Å²) in [6.07, 6.45) is 0. The van der Waals surface area contributed by atoms with E-state index < -0.39 is 0 Å². The SMILES string of the molecule is Cc1nn(-c2ccccc2)c(Cl)c1C(=O)Nc1ccc(NC(C)c2ccccc2)cc1. The molecule has 31 heavy (non-hydrogen) atoms. The second-order valence-corrected chi connectivity index (χ2v) is 7.66. The molecule has 1 amide bonds. The van der Waals surface area contributed by atoms with E-state index in [0.29, 0.717) is 16.9 Å². The number of amides is 1. The lowest BCUT2D eigenvalue weighted by Gasteiger charge is -2.16. The number of aryl methyl sites for hydroxylation is 1. The van der Waals surface area contributed by atoms with E-state index in [4.69, 9.17) is 11.6 Å². The smallest absolute Gasteiger partial charge is 0.260 e. The van der Waals surface area contributed by atoms with E-state index in [-0.39, 0.29) is 17.1 Å². The number of carbonyl (C=O) groups excluding carboxylic acids is 1. The van der Waals surface area contributed by atoms with Gasteiger partial charge in [-0.05, 0) is 55.8 Å². The van der Waals surface area contributed by atoms with E-state index in [0.717, 1.165) is 11.4 Å². The van der Waals surface area contributed by atoms with Crippen molar-refractivity contribution >= 4 is 28.9 Å². The molecule has 1 aromatic heterocycles. The Hall–Kier alpha value is -3.57. The molecule has 4 rings (SSSR count). The Bertz CT molecular complexity index is 1170. The molecule has 0 radical (unpaired) electrons. The first-order chi connectivity index (χ1) is 15.0. The second-order valence-electron chi connectivity index (χ2n) is 7.31. The maximum atomic E-state index is 12.9. The summed E-state index contributed by atoms with van der Waals surface area (Å²) >= 11 is 6.50. The van der Waals surface area contributed by atoms with Gasteiger partial charge >= 0.3 is 0 Å². The van der Waals surface area contributed by atoms with Crippen molar-refractivity contribution in [1.29, 1.82) is 0 Å². The van der Waals surface area contributed by atoms with Gasteiger partial charge in [0.05, 0.1) is 11.4 Å². The fourth-order valence-electron chi connectivity index (χ4n) is 3.42. The molecule has 5 nitrogen and oxygen atoms in total. The zero-order valence-corrected chi connectivity index (χ0v) is 18.1. The van der Waals surface area contributed by atoms with Gasteiger partial charge in [0.2, 0.25) is 0 Å². The van der Waals surface area contributed by atoms with Crippen LogP contribution in [0.1, 0.15) is 34.6 Å². The number of hydrogen-bond acceptors (Lipinski definition) is 3. The molecule has 0 saturated carbocycles. The normalized spacial score (nSPS) is 11.7. The van der Waals surface area contributed by atoms with E-state index in [1.165, 1.54) is 5.56 Å². The summed E-state index contributed by atoms with van der Waals surface area (Å²) in [7, 11) is 0. The van der Waals surface area contributed by atoms with Gasteiger partial charge in [-0.1, -0.05) is 60.1 Å². The Labute approximate surface area is 186 Å². The van der Waals surface area contributed by atoms with Crippen LogP contribution in [0, 0.1) is 6.92 Å². The van der Waals surface area contributed by atoms with Gasteiger partial charge in [-0.25, -0.2) is 4.68 Å². The third-order valence-electron chi connectivity index (χ3n) is 5.06. The average Bonchev–Trinajstić information content (AvgIpc) is 3.10. The molecule has 1 heterocycles. The minimum Gasteiger partial charge on any atom is -0.379 e. The van der Waals surface area contributed by atoms with Gasteiger partial charge in [-0.3, -0.25) is 4.79 Å². The van der Waals surface area contributed by atoms with Crippen LogP contribution in [0.3, 0.4) is 0 Å². The number of rotatable bonds is 6. The van der Waals surface area contributed by atoms with E-state index in [1.54, 1.807) is 11.6 Å². The highest BCUT2D eigenvalue weighted by molar-refractivity contribution is 6.34. The number of carbonyl (C=O) groups is 1. The first-order valence-corrected chi connectivity index (χ1v) is 10.4. The number of hydrogen-bond donors (Lipinski definition) is 2. The van der Waals surface area contributed by atoms with Crippen LogP contribution >= 0.6 is 11.6 Å². The van der Waals surface area contributed by atoms with E-state index in [9.17, 15) is 4.79 Å². The predicted octanol–water partition coefficient (Wildman–Crippen LogP) is 6.26. The van der Waals surface area contributed by atoms with Crippen molar-refractivity contribution in [2.45, 2.75) is 19.9 Å². The molecule has 0 spiro atoms. The molecule has 1 atom stereocenters. The molecule has 0 fully saturated rings. The van der Waals surface area contributed by atoms with Crippen molar-refractivity contribution in [3.05, 3.63) is 107 Å². The zero-order valence-electron chi connectivity index (χ0n) is 17.3. The summed E-state index contributed by atoms with van der Waals surface area (Å²) in [5.41, 5.74) is 4.61. The molecular weight excluding hydrogens is 408 g/mol. The molecule has 2 N–H and O–H groups in total. The first kappa shape index (κ1) is 20.7. The Kier molecular flexibility index (Phi) is 6.05. The Morgan fingerprint density at radius 1 is 0.903 bits per heavy atom. The monoisotopic (exact) mass is 430 g/mol. The van der Waals surface area contributed by atoms with E-state index in [2.05, 4.69) is 34.8 Å². The van der Waals surface area contributed by atoms with Crippen molar-refractivity contribution in [2.75, 3.05) is 10.6 Å². The van der Waals surface area contributed by atoms with Crippen molar-refractivity contribution in [1.82, 2.24) is 9.78 Å². The van der Waals surface area contributed by atoms with Gasteiger partial charge in [0.15, 0.2) is 0 Å². The highest BCUT2D eigenvalue weighted by Crippen LogP contribution is 2.25. The van der Waals surface area contributed by atoms with Crippen LogP contribution in [0.2, 0.25) is 5.15 Å². The molecule has 1 unspecified atom stereocenters. The number of halogens is 1. The zero-order chi connectivity index (χ0) is 21.8. The van der Waals surface area contributed by atoms with Crippen LogP contribution in [-0.4, -0.2) is 15.7 Å². The van der Waals surface area contributed by atoms with Gasteiger partial charge in [0.25, 0.3) is 5.91 Å². The molecule has 0 aliphatic heterocycles. The minimum atomic E-state index is -0.289. The number of aromatic nitrogens is 2. The molecular formula is C25H23ClN4O. The molecule has 0 aliphatic carbocycles. The van der Waals surface area contributed by atoms with Gasteiger partial charge in [0, 0.05) is 17.4 Å². The standard InChI is InChI=1S/C25H23ClN4O/c1-17(19-9-5-3-6-10-19)27-20-13-15-21(16-14-20)28-25(31)23-18(2)29-30(24(23)26)22-11-7-4-8-12-22/h3-17,27H,1-2H3,(H,28,31). The topological polar surface area (TPSA) is 59.0 Å². The third kappa shape index (κ3) is 4.62. The largest absolute Gasteiger partial charge is 0.379 e. The molecule has 0 aliphatic rings. The lowest BCUT2D eigenvalue weighted by Crippen LogP contribution is -2.13. The summed E-state index contributed by atoms with van der Waals surface area (Å²) in [6, 6.07) is 27.5. The fourth-order valence-corrected chi connectivity index (χ4v) is 3.77.